The fourth-order valence-corrected chi connectivity index (χ4v) is 3.67. The van der Waals surface area contributed by atoms with E-state index in [9.17, 15) is 14.4 Å². The summed E-state index contributed by atoms with van der Waals surface area (Å²) in [6.45, 7) is 0.268. The Morgan fingerprint density at radius 2 is 2.00 bits per heavy atom. The van der Waals surface area contributed by atoms with E-state index in [-0.39, 0.29) is 36.8 Å². The van der Waals surface area contributed by atoms with E-state index in [1.54, 1.807) is 41.8 Å². The summed E-state index contributed by atoms with van der Waals surface area (Å²) in [5.74, 6) is 0.607. The monoisotopic (exact) mass is 453 g/mol. The highest BCUT2D eigenvalue weighted by atomic mass is 32.1. The van der Waals surface area contributed by atoms with Gasteiger partial charge in [0.25, 0.3) is 0 Å². The lowest BCUT2D eigenvalue weighted by Gasteiger charge is -2.04. The van der Waals surface area contributed by atoms with Crippen LogP contribution in [0.1, 0.15) is 18.6 Å². The van der Waals surface area contributed by atoms with Crippen LogP contribution in [0, 0.1) is 0 Å². The van der Waals surface area contributed by atoms with Crippen LogP contribution in [0.25, 0.3) is 22.2 Å². The summed E-state index contributed by atoms with van der Waals surface area (Å²) in [5.41, 5.74) is 0.555. The predicted octanol–water partition coefficient (Wildman–Crippen LogP) is 3.55. The minimum Gasteiger partial charge on any atom is -0.497 e. The molecule has 0 aliphatic heterocycles. The van der Waals surface area contributed by atoms with Gasteiger partial charge in [-0.25, -0.2) is 9.78 Å². The molecule has 0 aliphatic rings. The number of amides is 2. The van der Waals surface area contributed by atoms with Crippen LogP contribution in [-0.4, -0.2) is 23.9 Å². The second-order valence-electron chi connectivity index (χ2n) is 6.79. The van der Waals surface area contributed by atoms with Crippen molar-refractivity contribution in [2.45, 2.75) is 19.4 Å². The third-order valence-corrected chi connectivity index (χ3v) is 5.35. The Morgan fingerprint density at radius 1 is 1.16 bits per heavy atom. The number of furan rings is 1. The summed E-state index contributed by atoms with van der Waals surface area (Å²) in [6, 6.07) is 10.4. The third-order valence-electron chi connectivity index (χ3n) is 4.59. The number of anilines is 1. The highest BCUT2D eigenvalue weighted by Gasteiger charge is 2.14. The van der Waals surface area contributed by atoms with Crippen LogP contribution in [0.4, 0.5) is 5.13 Å². The SMILES string of the molecule is COc1ccc2cc(-c3csc(NC(=O)CCC(=O)NCc4ccco4)n3)c(=O)oc2c1. The average Bonchev–Trinajstić information content (AvgIpc) is 3.47. The number of rotatable bonds is 8. The first-order valence-corrected chi connectivity index (χ1v) is 10.6. The minimum absolute atomic E-state index is 0.00114. The molecule has 0 saturated heterocycles. The van der Waals surface area contributed by atoms with Crippen LogP contribution in [0.15, 0.2) is 61.7 Å². The number of methoxy groups -OCH3 is 1. The standard InChI is InChI=1S/C22H19N3O6S/c1-29-14-5-4-13-9-16(21(28)31-18(13)10-14)17-12-32-22(24-17)25-20(27)7-6-19(26)23-11-15-3-2-8-30-15/h2-5,8-10,12H,6-7,11H2,1H3,(H,23,26)(H,24,25,27). The molecule has 10 heteroatoms. The zero-order chi connectivity index (χ0) is 22.5. The lowest BCUT2D eigenvalue weighted by Crippen LogP contribution is -2.24. The number of nitrogens with one attached hydrogen (secondary N) is 2. The van der Waals surface area contributed by atoms with E-state index in [0.29, 0.717) is 27.9 Å². The molecule has 9 nitrogen and oxygen atoms in total. The maximum absolute atomic E-state index is 12.4. The van der Waals surface area contributed by atoms with E-state index in [1.807, 2.05) is 0 Å². The van der Waals surface area contributed by atoms with Gasteiger partial charge in [-0.3, -0.25) is 9.59 Å². The average molecular weight is 453 g/mol. The van der Waals surface area contributed by atoms with Gasteiger partial charge in [-0.15, -0.1) is 11.3 Å². The highest BCUT2D eigenvalue weighted by Crippen LogP contribution is 2.27. The summed E-state index contributed by atoms with van der Waals surface area (Å²) in [6.07, 6.45) is 1.55. The van der Waals surface area contributed by atoms with Gasteiger partial charge < -0.3 is 24.2 Å². The topological polar surface area (TPSA) is 124 Å². The van der Waals surface area contributed by atoms with Crippen molar-refractivity contribution in [3.63, 3.8) is 0 Å². The first-order valence-electron chi connectivity index (χ1n) is 9.68. The number of benzene rings is 1. The normalized spacial score (nSPS) is 10.8. The van der Waals surface area contributed by atoms with Gasteiger partial charge in [0.1, 0.15) is 17.1 Å². The molecule has 2 amide bonds. The first-order chi connectivity index (χ1) is 15.5. The van der Waals surface area contributed by atoms with Gasteiger partial charge in [-0.1, -0.05) is 0 Å². The molecular formula is C22H19N3O6S. The second kappa shape index (κ2) is 9.48. The molecule has 32 heavy (non-hydrogen) atoms. The number of hydrogen-bond donors (Lipinski definition) is 2. The van der Waals surface area contributed by atoms with Crippen LogP contribution in [0.2, 0.25) is 0 Å². The smallest absolute Gasteiger partial charge is 0.345 e. The number of ether oxygens (including phenoxy) is 1. The third kappa shape index (κ3) is 5.03. The fraction of sp³-hybridized carbons (Fsp3) is 0.182. The van der Waals surface area contributed by atoms with E-state index in [0.717, 1.165) is 5.39 Å². The Hall–Kier alpha value is -3.92. The number of carbonyl (C=O) groups excluding carboxylic acids is 2. The Labute approximate surface area is 186 Å². The first kappa shape index (κ1) is 21.3. The fourth-order valence-electron chi connectivity index (χ4n) is 2.95. The Bertz CT molecular complexity index is 1310. The van der Waals surface area contributed by atoms with Gasteiger partial charge in [0, 0.05) is 29.7 Å². The molecule has 3 heterocycles. The van der Waals surface area contributed by atoms with Gasteiger partial charge in [0.15, 0.2) is 5.13 Å². The van der Waals surface area contributed by atoms with E-state index < -0.39 is 5.63 Å². The molecule has 0 saturated carbocycles. The quantitative estimate of drug-likeness (QED) is 0.391. The van der Waals surface area contributed by atoms with Crippen molar-refractivity contribution in [3.8, 4) is 17.0 Å². The van der Waals surface area contributed by atoms with E-state index >= 15 is 0 Å². The van der Waals surface area contributed by atoms with Crippen molar-refractivity contribution < 1.29 is 23.2 Å². The molecule has 0 bridgehead atoms. The van der Waals surface area contributed by atoms with Crippen LogP contribution < -0.4 is 21.0 Å². The van der Waals surface area contributed by atoms with Gasteiger partial charge in [0.05, 0.1) is 31.2 Å². The van der Waals surface area contributed by atoms with Crippen molar-refractivity contribution in [1.82, 2.24) is 10.3 Å². The minimum atomic E-state index is -0.540. The summed E-state index contributed by atoms with van der Waals surface area (Å²) >= 11 is 1.18. The number of hydrogen-bond acceptors (Lipinski definition) is 8. The molecular weight excluding hydrogens is 434 g/mol. The summed E-state index contributed by atoms with van der Waals surface area (Å²) in [7, 11) is 1.53. The second-order valence-corrected chi connectivity index (χ2v) is 7.65. The number of carbonyl (C=O) groups is 2. The predicted molar refractivity (Wildman–Crippen MR) is 119 cm³/mol. The molecule has 4 aromatic rings. The van der Waals surface area contributed by atoms with Crippen molar-refractivity contribution in [2.24, 2.45) is 0 Å². The Balaban J connectivity index is 1.36. The van der Waals surface area contributed by atoms with E-state index in [1.165, 1.54) is 24.7 Å². The van der Waals surface area contributed by atoms with Crippen LogP contribution in [0.5, 0.6) is 5.75 Å². The molecule has 0 radical (unpaired) electrons. The van der Waals surface area contributed by atoms with Crippen molar-refractivity contribution in [2.75, 3.05) is 12.4 Å². The largest absolute Gasteiger partial charge is 0.497 e. The molecule has 0 aliphatic carbocycles. The zero-order valence-corrected chi connectivity index (χ0v) is 17.9. The molecule has 2 N–H and O–H groups in total. The summed E-state index contributed by atoms with van der Waals surface area (Å²) in [4.78, 5) is 40.7. The molecule has 164 valence electrons. The Kier molecular flexibility index (Phi) is 6.31. The highest BCUT2D eigenvalue weighted by molar-refractivity contribution is 7.14. The summed E-state index contributed by atoms with van der Waals surface area (Å²) in [5, 5.41) is 8.04. The van der Waals surface area contributed by atoms with Crippen LogP contribution >= 0.6 is 11.3 Å². The van der Waals surface area contributed by atoms with Crippen LogP contribution in [0.3, 0.4) is 0 Å². The lowest BCUT2D eigenvalue weighted by molar-refractivity contribution is -0.124. The van der Waals surface area contributed by atoms with Crippen molar-refractivity contribution in [3.05, 3.63) is 64.2 Å². The molecule has 1 aromatic carbocycles. The number of fused-ring (bicyclic) bond motifs is 1. The van der Waals surface area contributed by atoms with Crippen LogP contribution in [-0.2, 0) is 16.1 Å². The lowest BCUT2D eigenvalue weighted by atomic mass is 10.1. The van der Waals surface area contributed by atoms with Crippen molar-refractivity contribution in [1.29, 1.82) is 0 Å². The summed E-state index contributed by atoms with van der Waals surface area (Å²) < 4.78 is 15.7. The molecule has 0 spiro atoms. The molecule has 4 rings (SSSR count). The zero-order valence-electron chi connectivity index (χ0n) is 17.0. The van der Waals surface area contributed by atoms with Gasteiger partial charge >= 0.3 is 5.63 Å². The number of thiazole rings is 1. The van der Waals surface area contributed by atoms with Gasteiger partial charge in [0.2, 0.25) is 11.8 Å². The van der Waals surface area contributed by atoms with Gasteiger partial charge in [-0.05, 0) is 30.3 Å². The number of nitrogens with zero attached hydrogens (tertiary/aromatic N) is 1. The van der Waals surface area contributed by atoms with E-state index in [2.05, 4.69) is 15.6 Å². The van der Waals surface area contributed by atoms with E-state index in [4.69, 9.17) is 13.6 Å². The molecule has 0 fully saturated rings. The maximum Gasteiger partial charge on any atom is 0.345 e. The Morgan fingerprint density at radius 3 is 2.78 bits per heavy atom. The molecule has 0 unspecified atom stereocenters. The van der Waals surface area contributed by atoms with Crippen molar-refractivity contribution >= 4 is 39.3 Å². The van der Waals surface area contributed by atoms with Gasteiger partial charge in [-0.2, -0.15) is 0 Å². The molecule has 0 atom stereocenters. The molecule has 3 aromatic heterocycles. The maximum atomic E-state index is 12.4. The number of aromatic nitrogens is 1.